The highest BCUT2D eigenvalue weighted by molar-refractivity contribution is 9.10. The van der Waals surface area contributed by atoms with E-state index >= 15 is 0 Å². The van der Waals surface area contributed by atoms with E-state index in [1.54, 1.807) is 0 Å². The van der Waals surface area contributed by atoms with E-state index in [-0.39, 0.29) is 11.9 Å². The van der Waals surface area contributed by atoms with Gasteiger partial charge in [-0.1, -0.05) is 0 Å². The van der Waals surface area contributed by atoms with Gasteiger partial charge in [0.15, 0.2) is 0 Å². The highest BCUT2D eigenvalue weighted by Gasteiger charge is 2.29. The summed E-state index contributed by atoms with van der Waals surface area (Å²) < 4.78 is 3.09. The normalized spacial score (nSPS) is 27.3. The number of halogens is 1. The molecule has 0 radical (unpaired) electrons. The number of hydrogen-bond donors (Lipinski definition) is 2. The number of carbonyl (C=O) groups excluding carboxylic acids is 1. The van der Waals surface area contributed by atoms with Crippen molar-refractivity contribution in [1.82, 2.24) is 9.88 Å². The third-order valence-corrected chi connectivity index (χ3v) is 4.53. The topological polar surface area (TPSA) is 60.0 Å². The van der Waals surface area contributed by atoms with Crippen LogP contribution < -0.4 is 11.1 Å². The van der Waals surface area contributed by atoms with Crippen molar-refractivity contribution in [2.75, 3.05) is 0 Å². The number of nitrogens with two attached hydrogens (primary N) is 1. The quantitative estimate of drug-likeness (QED) is 0.897. The van der Waals surface area contributed by atoms with Gasteiger partial charge in [-0.05, 0) is 60.5 Å². The smallest absolute Gasteiger partial charge is 0.268 e. The van der Waals surface area contributed by atoms with Crippen LogP contribution in [0, 0.1) is 0 Å². The Balaban J connectivity index is 1.66. The first-order valence-electron chi connectivity index (χ1n) is 7.07. The second-order valence-corrected chi connectivity index (χ2v) is 6.68. The average molecular weight is 326 g/mol. The lowest BCUT2D eigenvalue weighted by molar-refractivity contribution is 0.0916. The van der Waals surface area contributed by atoms with Gasteiger partial charge in [0.05, 0.1) is 0 Å². The van der Waals surface area contributed by atoms with Crippen LogP contribution in [0.3, 0.4) is 0 Å². The first-order valence-corrected chi connectivity index (χ1v) is 7.86. The van der Waals surface area contributed by atoms with Crippen LogP contribution in [0.25, 0.3) is 0 Å². The summed E-state index contributed by atoms with van der Waals surface area (Å²) in [7, 11) is 0. The molecular weight excluding hydrogens is 306 g/mol. The zero-order valence-corrected chi connectivity index (χ0v) is 12.5. The Morgan fingerprint density at radius 3 is 2.58 bits per heavy atom. The van der Waals surface area contributed by atoms with E-state index in [4.69, 9.17) is 5.73 Å². The van der Waals surface area contributed by atoms with Crippen molar-refractivity contribution in [1.29, 1.82) is 0 Å². The van der Waals surface area contributed by atoms with Gasteiger partial charge in [0.25, 0.3) is 5.91 Å². The Bertz CT molecular complexity index is 473. The maximum absolute atomic E-state index is 12.4. The van der Waals surface area contributed by atoms with Crippen molar-refractivity contribution in [2.24, 2.45) is 5.73 Å². The van der Waals surface area contributed by atoms with Gasteiger partial charge in [-0.15, -0.1) is 0 Å². The van der Waals surface area contributed by atoms with E-state index in [2.05, 4.69) is 25.8 Å². The molecule has 0 atom stereocenters. The van der Waals surface area contributed by atoms with Gasteiger partial charge in [-0.3, -0.25) is 4.79 Å². The van der Waals surface area contributed by atoms with Crippen molar-refractivity contribution >= 4 is 21.8 Å². The number of hydrogen-bond acceptors (Lipinski definition) is 2. The molecule has 2 fully saturated rings. The molecule has 3 N–H and O–H groups in total. The molecule has 4 nitrogen and oxygen atoms in total. The maximum Gasteiger partial charge on any atom is 0.268 e. The van der Waals surface area contributed by atoms with Crippen LogP contribution in [0.5, 0.6) is 0 Å². The Kier molecular flexibility index (Phi) is 3.67. The summed E-state index contributed by atoms with van der Waals surface area (Å²) >= 11 is 3.46. The summed E-state index contributed by atoms with van der Waals surface area (Å²) in [5.41, 5.74) is 6.67. The maximum atomic E-state index is 12.4. The monoisotopic (exact) mass is 325 g/mol. The molecule has 0 aromatic carbocycles. The van der Waals surface area contributed by atoms with E-state index < -0.39 is 0 Å². The van der Waals surface area contributed by atoms with Gasteiger partial charge in [0.2, 0.25) is 0 Å². The predicted octanol–water partition coefficient (Wildman–Crippen LogP) is 2.59. The highest BCUT2D eigenvalue weighted by atomic mass is 79.9. The average Bonchev–Trinajstić information content (AvgIpc) is 3.15. The van der Waals surface area contributed by atoms with Crippen LogP contribution in [-0.2, 0) is 0 Å². The van der Waals surface area contributed by atoms with E-state index in [1.807, 2.05) is 12.3 Å². The largest absolute Gasteiger partial charge is 0.348 e. The minimum atomic E-state index is 0.0538. The molecule has 0 unspecified atom stereocenters. The first kappa shape index (κ1) is 13.2. The zero-order chi connectivity index (χ0) is 13.4. The fourth-order valence-electron chi connectivity index (χ4n) is 2.81. The number of aromatic nitrogens is 1. The molecule has 2 saturated carbocycles. The summed E-state index contributed by atoms with van der Waals surface area (Å²) in [6, 6.07) is 3.04. The summed E-state index contributed by atoms with van der Waals surface area (Å²) in [5, 5.41) is 3.16. The van der Waals surface area contributed by atoms with Crippen molar-refractivity contribution in [3.63, 3.8) is 0 Å². The summed E-state index contributed by atoms with van der Waals surface area (Å²) in [6.07, 6.45) is 8.40. The lowest BCUT2D eigenvalue weighted by atomic mass is 9.92. The predicted molar refractivity (Wildman–Crippen MR) is 78.1 cm³/mol. The lowest BCUT2D eigenvalue weighted by Crippen LogP contribution is -2.41. The molecular formula is C14H20BrN3O. The van der Waals surface area contributed by atoms with Gasteiger partial charge in [0.1, 0.15) is 5.69 Å². The Morgan fingerprint density at radius 1 is 1.26 bits per heavy atom. The molecule has 5 heteroatoms. The molecule has 104 valence electrons. The third kappa shape index (κ3) is 3.03. The molecule has 0 aliphatic heterocycles. The van der Waals surface area contributed by atoms with Gasteiger partial charge in [-0.2, -0.15) is 0 Å². The minimum Gasteiger partial charge on any atom is -0.348 e. The van der Waals surface area contributed by atoms with Gasteiger partial charge in [0, 0.05) is 28.8 Å². The molecule has 2 aliphatic carbocycles. The Hall–Kier alpha value is -0.810. The van der Waals surface area contributed by atoms with Crippen molar-refractivity contribution in [2.45, 2.75) is 56.7 Å². The molecule has 2 aliphatic rings. The van der Waals surface area contributed by atoms with Crippen molar-refractivity contribution in [3.05, 3.63) is 22.4 Å². The number of amides is 1. The summed E-state index contributed by atoms with van der Waals surface area (Å²) in [6.45, 7) is 0. The molecule has 1 heterocycles. The van der Waals surface area contributed by atoms with E-state index in [1.165, 1.54) is 12.8 Å². The van der Waals surface area contributed by atoms with Crippen LogP contribution in [-0.4, -0.2) is 22.6 Å². The van der Waals surface area contributed by atoms with E-state index in [0.717, 1.165) is 35.8 Å². The number of carbonyl (C=O) groups is 1. The molecule has 1 aromatic heterocycles. The van der Waals surface area contributed by atoms with Gasteiger partial charge < -0.3 is 15.6 Å². The lowest BCUT2D eigenvalue weighted by Gasteiger charge is -2.26. The van der Waals surface area contributed by atoms with Crippen LogP contribution in [0.15, 0.2) is 16.7 Å². The second kappa shape index (κ2) is 5.29. The summed E-state index contributed by atoms with van der Waals surface area (Å²) in [4.78, 5) is 12.4. The SMILES string of the molecule is NC1CCC(NC(=O)c2cc(Br)cn2C2CC2)CC1. The number of rotatable bonds is 3. The van der Waals surface area contributed by atoms with Crippen LogP contribution in [0.4, 0.5) is 0 Å². The van der Waals surface area contributed by atoms with E-state index in [9.17, 15) is 4.79 Å². The first-order chi connectivity index (χ1) is 9.13. The number of nitrogens with zero attached hydrogens (tertiary/aromatic N) is 1. The van der Waals surface area contributed by atoms with Crippen LogP contribution >= 0.6 is 15.9 Å². The second-order valence-electron chi connectivity index (χ2n) is 5.77. The van der Waals surface area contributed by atoms with Gasteiger partial charge in [-0.25, -0.2) is 0 Å². The fourth-order valence-corrected chi connectivity index (χ4v) is 3.24. The van der Waals surface area contributed by atoms with E-state index in [0.29, 0.717) is 12.1 Å². The Morgan fingerprint density at radius 2 is 1.95 bits per heavy atom. The Labute approximate surface area is 121 Å². The van der Waals surface area contributed by atoms with Crippen LogP contribution in [0.2, 0.25) is 0 Å². The summed E-state index contributed by atoms with van der Waals surface area (Å²) in [5.74, 6) is 0.0538. The highest BCUT2D eigenvalue weighted by Crippen LogP contribution is 2.37. The molecule has 0 spiro atoms. The minimum absolute atomic E-state index is 0.0538. The molecule has 0 saturated heterocycles. The molecule has 19 heavy (non-hydrogen) atoms. The standard InChI is InChI=1S/C14H20BrN3O/c15-9-7-13(18(8-9)12-5-6-12)14(19)17-11-3-1-10(16)2-4-11/h7-8,10-12H,1-6,16H2,(H,17,19). The number of nitrogens with one attached hydrogen (secondary N) is 1. The zero-order valence-electron chi connectivity index (χ0n) is 10.9. The molecule has 1 aromatic rings. The molecule has 0 bridgehead atoms. The van der Waals surface area contributed by atoms with Crippen molar-refractivity contribution in [3.8, 4) is 0 Å². The molecule has 3 rings (SSSR count). The fraction of sp³-hybridized carbons (Fsp3) is 0.643. The van der Waals surface area contributed by atoms with Crippen LogP contribution in [0.1, 0.15) is 55.1 Å². The third-order valence-electron chi connectivity index (χ3n) is 4.10. The van der Waals surface area contributed by atoms with Gasteiger partial charge >= 0.3 is 0 Å². The van der Waals surface area contributed by atoms with Crippen molar-refractivity contribution < 1.29 is 4.79 Å². The molecule has 1 amide bonds.